The van der Waals surface area contributed by atoms with Crippen LogP contribution in [0.4, 0.5) is 0 Å². The lowest BCUT2D eigenvalue weighted by Crippen LogP contribution is -2.36. The van der Waals surface area contributed by atoms with E-state index < -0.39 is 5.41 Å². The number of likely N-dealkylation sites (N-methyl/N-ethyl adjacent to an activating group) is 1. The Morgan fingerprint density at radius 1 is 1.04 bits per heavy atom. The van der Waals surface area contributed by atoms with Crippen molar-refractivity contribution >= 4 is 22.7 Å². The van der Waals surface area contributed by atoms with E-state index in [0.717, 1.165) is 27.8 Å². The molecule has 1 fully saturated rings. The van der Waals surface area contributed by atoms with Gasteiger partial charge >= 0.3 is 0 Å². The molecule has 23 heavy (non-hydrogen) atoms. The fraction of sp³-hybridized carbons (Fsp3) is 0.167. The lowest BCUT2D eigenvalue weighted by Gasteiger charge is -2.21. The molecule has 2 amide bonds. The Morgan fingerprint density at radius 3 is 2.57 bits per heavy atom. The first-order chi connectivity index (χ1) is 11.1. The van der Waals surface area contributed by atoms with Crippen LogP contribution in [0.25, 0.3) is 16.6 Å². The Morgan fingerprint density at radius 2 is 1.78 bits per heavy atom. The number of nitrogens with zero attached hydrogens (tertiary/aromatic N) is 3. The molecule has 1 atom stereocenters. The monoisotopic (exact) mass is 303 g/mol. The summed E-state index contributed by atoms with van der Waals surface area (Å²) in [4.78, 5) is 26.6. The van der Waals surface area contributed by atoms with Crippen LogP contribution in [-0.4, -0.2) is 33.5 Å². The molecule has 0 aliphatic carbocycles. The lowest BCUT2D eigenvalue weighted by atomic mass is 9.76. The van der Waals surface area contributed by atoms with E-state index in [1.54, 1.807) is 7.05 Å². The smallest absolute Gasteiger partial charge is 0.246 e. The summed E-state index contributed by atoms with van der Waals surface area (Å²) < 4.78 is 1.84. The summed E-state index contributed by atoms with van der Waals surface area (Å²) in [7, 11) is 1.56. The van der Waals surface area contributed by atoms with Crippen LogP contribution >= 0.6 is 0 Å². The van der Waals surface area contributed by atoms with Crippen LogP contribution in [-0.2, 0) is 15.0 Å². The first-order valence-corrected chi connectivity index (χ1v) is 7.54. The molecule has 1 spiro atoms. The molecule has 5 nitrogen and oxygen atoms in total. The highest BCUT2D eigenvalue weighted by Gasteiger charge is 2.59. The highest BCUT2D eigenvalue weighted by Crippen LogP contribution is 2.51. The number of para-hydroxylation sites is 1. The number of carbonyl (C=O) groups excluding carboxylic acids is 2. The van der Waals surface area contributed by atoms with Gasteiger partial charge in [-0.15, -0.1) is 0 Å². The van der Waals surface area contributed by atoms with E-state index in [0.29, 0.717) is 0 Å². The van der Waals surface area contributed by atoms with Gasteiger partial charge in [0.25, 0.3) is 0 Å². The van der Waals surface area contributed by atoms with Crippen LogP contribution in [0.5, 0.6) is 0 Å². The van der Waals surface area contributed by atoms with Gasteiger partial charge in [-0.25, -0.2) is 4.68 Å². The Kier molecular flexibility index (Phi) is 2.12. The van der Waals surface area contributed by atoms with E-state index in [2.05, 4.69) is 5.10 Å². The average Bonchev–Trinajstić information content (AvgIpc) is 3.15. The van der Waals surface area contributed by atoms with Gasteiger partial charge in [-0.1, -0.05) is 36.4 Å². The minimum Gasteiger partial charge on any atom is -0.285 e. The number of fused-ring (bicyclic) bond motifs is 7. The number of rotatable bonds is 0. The standard InChI is InChI=1S/C18H13N3O2/c1-20-15(22)10-18(17(20)23)12-7-3-5-9-14(12)21-16(18)11-6-2-4-8-13(11)19-21/h2-9H,10H2,1H3. The van der Waals surface area contributed by atoms with Crippen molar-refractivity contribution in [2.24, 2.45) is 0 Å². The molecule has 2 aliphatic heterocycles. The Balaban J connectivity index is 1.97. The van der Waals surface area contributed by atoms with Crippen molar-refractivity contribution < 1.29 is 9.59 Å². The van der Waals surface area contributed by atoms with Gasteiger partial charge in [0, 0.05) is 12.4 Å². The van der Waals surface area contributed by atoms with Crippen LogP contribution < -0.4 is 0 Å². The maximum absolute atomic E-state index is 13.1. The molecule has 1 unspecified atom stereocenters. The van der Waals surface area contributed by atoms with Gasteiger partial charge in [-0.3, -0.25) is 14.5 Å². The second kappa shape index (κ2) is 3.87. The lowest BCUT2D eigenvalue weighted by molar-refractivity contribution is -0.137. The quantitative estimate of drug-likeness (QED) is 0.597. The molecule has 5 heteroatoms. The van der Waals surface area contributed by atoms with Gasteiger partial charge in [0.2, 0.25) is 11.8 Å². The zero-order valence-corrected chi connectivity index (χ0v) is 12.5. The van der Waals surface area contributed by atoms with Crippen LogP contribution in [0.15, 0.2) is 48.5 Å². The van der Waals surface area contributed by atoms with Crippen LogP contribution in [0.1, 0.15) is 17.7 Å². The molecule has 1 saturated heterocycles. The number of hydrogen-bond donors (Lipinski definition) is 0. The van der Waals surface area contributed by atoms with Gasteiger partial charge in [-0.2, -0.15) is 5.10 Å². The third-order valence-electron chi connectivity index (χ3n) is 5.04. The topological polar surface area (TPSA) is 55.2 Å². The molecular formula is C18H13N3O2. The summed E-state index contributed by atoms with van der Waals surface area (Å²) >= 11 is 0. The van der Waals surface area contributed by atoms with E-state index >= 15 is 0 Å². The SMILES string of the molecule is CN1C(=O)CC2(C1=O)c1ccccc1-n1nc3ccccc3c12. The van der Waals surface area contributed by atoms with Gasteiger partial charge in [0.1, 0.15) is 5.41 Å². The van der Waals surface area contributed by atoms with Crippen molar-refractivity contribution in [3.8, 4) is 5.69 Å². The molecule has 0 saturated carbocycles. The van der Waals surface area contributed by atoms with E-state index in [1.165, 1.54) is 4.90 Å². The van der Waals surface area contributed by atoms with Gasteiger partial charge < -0.3 is 0 Å². The summed E-state index contributed by atoms with van der Waals surface area (Å²) in [5.74, 6) is -0.317. The molecule has 3 heterocycles. The number of carbonyl (C=O) groups is 2. The largest absolute Gasteiger partial charge is 0.285 e. The van der Waals surface area contributed by atoms with E-state index in [-0.39, 0.29) is 18.2 Å². The van der Waals surface area contributed by atoms with Crippen molar-refractivity contribution in [1.82, 2.24) is 14.7 Å². The first-order valence-electron chi connectivity index (χ1n) is 7.54. The Labute approximate surface area is 132 Å². The van der Waals surface area contributed by atoms with E-state index in [4.69, 9.17) is 0 Å². The summed E-state index contributed by atoms with van der Waals surface area (Å²) in [6, 6.07) is 15.5. The highest BCUT2D eigenvalue weighted by molar-refractivity contribution is 6.13. The van der Waals surface area contributed by atoms with E-state index in [9.17, 15) is 9.59 Å². The maximum atomic E-state index is 13.1. The third-order valence-corrected chi connectivity index (χ3v) is 5.04. The highest BCUT2D eigenvalue weighted by atomic mass is 16.2. The molecule has 3 aromatic rings. The number of likely N-dealkylation sites (tertiary alicyclic amines) is 1. The van der Waals surface area contributed by atoms with Crippen molar-refractivity contribution in [1.29, 1.82) is 0 Å². The Hall–Kier alpha value is -2.95. The Bertz CT molecular complexity index is 1020. The van der Waals surface area contributed by atoms with Crippen LogP contribution in [0, 0.1) is 0 Å². The van der Waals surface area contributed by atoms with Crippen molar-refractivity contribution in [2.45, 2.75) is 11.8 Å². The van der Waals surface area contributed by atoms with Crippen molar-refractivity contribution in [3.05, 3.63) is 59.8 Å². The number of aromatic nitrogens is 2. The predicted molar refractivity (Wildman–Crippen MR) is 84.2 cm³/mol. The van der Waals surface area contributed by atoms with Gasteiger partial charge in [0.15, 0.2) is 0 Å². The zero-order valence-electron chi connectivity index (χ0n) is 12.5. The molecule has 2 aromatic carbocycles. The van der Waals surface area contributed by atoms with Crippen molar-refractivity contribution in [2.75, 3.05) is 7.05 Å². The summed E-state index contributed by atoms with van der Waals surface area (Å²) in [5, 5.41) is 5.60. The minimum absolute atomic E-state index is 0.150. The summed E-state index contributed by atoms with van der Waals surface area (Å²) in [6.45, 7) is 0. The van der Waals surface area contributed by atoms with Gasteiger partial charge in [-0.05, 0) is 17.7 Å². The second-order valence-corrected chi connectivity index (χ2v) is 6.13. The first kappa shape index (κ1) is 12.6. The maximum Gasteiger partial charge on any atom is 0.246 e. The fourth-order valence-corrected chi connectivity index (χ4v) is 3.98. The fourth-order valence-electron chi connectivity index (χ4n) is 3.98. The predicted octanol–water partition coefficient (Wildman–Crippen LogP) is 2.01. The normalized spacial score (nSPS) is 22.2. The van der Waals surface area contributed by atoms with Gasteiger partial charge in [0.05, 0.1) is 23.3 Å². The number of amides is 2. The van der Waals surface area contributed by atoms with E-state index in [1.807, 2.05) is 53.2 Å². The van der Waals surface area contributed by atoms with Crippen LogP contribution in [0.3, 0.4) is 0 Å². The molecule has 0 radical (unpaired) electrons. The van der Waals surface area contributed by atoms with Crippen LogP contribution in [0.2, 0.25) is 0 Å². The molecular weight excluding hydrogens is 290 g/mol. The molecule has 5 rings (SSSR count). The molecule has 112 valence electrons. The number of imide groups is 1. The number of benzene rings is 2. The zero-order chi connectivity index (χ0) is 15.8. The molecule has 2 aliphatic rings. The third kappa shape index (κ3) is 1.27. The molecule has 0 N–H and O–H groups in total. The number of hydrogen-bond acceptors (Lipinski definition) is 3. The minimum atomic E-state index is -0.946. The average molecular weight is 303 g/mol. The molecule has 0 bridgehead atoms. The molecule has 1 aromatic heterocycles. The van der Waals surface area contributed by atoms with Crippen molar-refractivity contribution in [3.63, 3.8) is 0 Å². The summed E-state index contributed by atoms with van der Waals surface area (Å²) in [6.07, 6.45) is 0.162. The second-order valence-electron chi connectivity index (χ2n) is 6.13. The summed E-state index contributed by atoms with van der Waals surface area (Å²) in [5.41, 5.74) is 2.47.